The highest BCUT2D eigenvalue weighted by molar-refractivity contribution is 7.27. The predicted octanol–water partition coefficient (Wildman–Crippen LogP) is 4.85. The Balaban J connectivity index is 0.000000160. The number of hydrogen-bond donors (Lipinski definition) is 0. The molecule has 0 saturated heterocycles. The quantitative estimate of drug-likeness (QED) is 0.558. The third-order valence-corrected chi connectivity index (χ3v) is 3.34. The highest BCUT2D eigenvalue weighted by Gasteiger charge is 1.91. The van der Waals surface area contributed by atoms with Gasteiger partial charge in [-0.05, 0) is 23.4 Å². The summed E-state index contributed by atoms with van der Waals surface area (Å²) in [5.74, 6) is 0. The fraction of sp³-hybridized carbons (Fsp3) is 0.0526. The molecule has 0 radical (unpaired) electrons. The van der Waals surface area contributed by atoms with Crippen LogP contribution >= 0.6 is 9.24 Å². The molecule has 0 nitrogen and oxygen atoms in total. The van der Waals surface area contributed by atoms with Crippen molar-refractivity contribution in [2.24, 2.45) is 0 Å². The summed E-state index contributed by atoms with van der Waals surface area (Å²) in [5.41, 5.74) is 3.87. The van der Waals surface area contributed by atoms with Gasteiger partial charge in [0.05, 0.1) is 0 Å². The Morgan fingerprint density at radius 3 is 1.30 bits per heavy atom. The smallest absolute Gasteiger partial charge is 0.0184 e. The van der Waals surface area contributed by atoms with E-state index in [0.29, 0.717) is 0 Å². The SMILES string of the molecule is Cc1ccc(P)cc1.c1ccc(-c2ccccc2)cc1. The summed E-state index contributed by atoms with van der Waals surface area (Å²) in [4.78, 5) is 0. The summed E-state index contributed by atoms with van der Waals surface area (Å²) in [7, 11) is 2.65. The van der Waals surface area contributed by atoms with Gasteiger partial charge in [-0.2, -0.15) is 0 Å². The van der Waals surface area contributed by atoms with E-state index in [1.807, 2.05) is 12.1 Å². The van der Waals surface area contributed by atoms with Gasteiger partial charge in [-0.3, -0.25) is 0 Å². The van der Waals surface area contributed by atoms with Crippen molar-refractivity contribution in [2.75, 3.05) is 0 Å². The molecule has 0 aliphatic carbocycles. The van der Waals surface area contributed by atoms with E-state index in [1.165, 1.54) is 22.0 Å². The number of hydrogen-bond acceptors (Lipinski definition) is 0. The first-order valence-corrected chi connectivity index (χ1v) is 7.26. The molecule has 3 aromatic carbocycles. The Morgan fingerprint density at radius 2 is 0.950 bits per heavy atom. The second-order valence-corrected chi connectivity index (χ2v) is 5.31. The molecule has 0 heterocycles. The van der Waals surface area contributed by atoms with Crippen LogP contribution in [-0.2, 0) is 0 Å². The molecule has 0 fully saturated rings. The third-order valence-electron chi connectivity index (χ3n) is 2.96. The molecule has 1 unspecified atom stereocenters. The minimum absolute atomic E-state index is 1.25. The maximum absolute atomic E-state index is 2.65. The number of aryl methyl sites for hydroxylation is 1. The van der Waals surface area contributed by atoms with Crippen LogP contribution in [0.2, 0.25) is 0 Å². The molecule has 3 rings (SSSR count). The van der Waals surface area contributed by atoms with Gasteiger partial charge in [-0.25, -0.2) is 0 Å². The third kappa shape index (κ3) is 4.64. The highest BCUT2D eigenvalue weighted by Crippen LogP contribution is 2.17. The van der Waals surface area contributed by atoms with Gasteiger partial charge in [0, 0.05) is 0 Å². The zero-order chi connectivity index (χ0) is 14.2. The van der Waals surface area contributed by atoms with Crippen LogP contribution in [0.15, 0.2) is 84.9 Å². The summed E-state index contributed by atoms with van der Waals surface area (Å²) in [6, 6.07) is 29.1. The molecule has 0 aromatic heterocycles. The van der Waals surface area contributed by atoms with Crippen LogP contribution in [0.4, 0.5) is 0 Å². The fourth-order valence-corrected chi connectivity index (χ4v) is 2.02. The summed E-state index contributed by atoms with van der Waals surface area (Å²) in [5, 5.41) is 1.25. The molecule has 0 aliphatic heterocycles. The van der Waals surface area contributed by atoms with Crippen LogP contribution < -0.4 is 5.30 Å². The van der Waals surface area contributed by atoms with Crippen molar-refractivity contribution in [1.82, 2.24) is 0 Å². The summed E-state index contributed by atoms with van der Waals surface area (Å²) >= 11 is 0. The van der Waals surface area contributed by atoms with Crippen molar-refractivity contribution in [1.29, 1.82) is 0 Å². The highest BCUT2D eigenvalue weighted by atomic mass is 31.0. The Bertz CT molecular complexity index is 554. The molecule has 1 heteroatoms. The lowest BCUT2D eigenvalue weighted by Gasteiger charge is -1.98. The van der Waals surface area contributed by atoms with Gasteiger partial charge < -0.3 is 0 Å². The van der Waals surface area contributed by atoms with Crippen LogP contribution in [0, 0.1) is 6.92 Å². The average Bonchev–Trinajstić information content (AvgIpc) is 2.53. The first kappa shape index (κ1) is 14.5. The van der Waals surface area contributed by atoms with Crippen molar-refractivity contribution in [3.63, 3.8) is 0 Å². The standard InChI is InChI=1S/C12H10.C7H9P/c1-3-7-11(8-4-1)12-9-5-2-6-10-12;1-6-2-4-7(8)5-3-6/h1-10H;2-5H,8H2,1H3. The maximum Gasteiger partial charge on any atom is -0.0184 e. The molecule has 0 amide bonds. The van der Waals surface area contributed by atoms with Crippen LogP contribution in [0.5, 0.6) is 0 Å². The molecule has 100 valence electrons. The normalized spacial score (nSPS) is 9.50. The van der Waals surface area contributed by atoms with E-state index in [9.17, 15) is 0 Å². The van der Waals surface area contributed by atoms with Crippen molar-refractivity contribution in [3.8, 4) is 11.1 Å². The van der Waals surface area contributed by atoms with E-state index in [1.54, 1.807) is 0 Å². The predicted molar refractivity (Wildman–Crippen MR) is 92.4 cm³/mol. The zero-order valence-electron chi connectivity index (χ0n) is 11.7. The van der Waals surface area contributed by atoms with Crippen LogP contribution in [-0.4, -0.2) is 0 Å². The maximum atomic E-state index is 2.65. The van der Waals surface area contributed by atoms with E-state index in [4.69, 9.17) is 0 Å². The van der Waals surface area contributed by atoms with Crippen LogP contribution in [0.1, 0.15) is 5.56 Å². The van der Waals surface area contributed by atoms with Gasteiger partial charge >= 0.3 is 0 Å². The molecular weight excluding hydrogens is 259 g/mol. The molecule has 20 heavy (non-hydrogen) atoms. The van der Waals surface area contributed by atoms with Gasteiger partial charge in [-0.15, -0.1) is 9.24 Å². The Labute approximate surface area is 123 Å². The Hall–Kier alpha value is -1.91. The molecule has 0 spiro atoms. The molecular formula is C19H19P. The summed E-state index contributed by atoms with van der Waals surface area (Å²) in [6.07, 6.45) is 0. The lowest BCUT2D eigenvalue weighted by Crippen LogP contribution is -1.85. The van der Waals surface area contributed by atoms with Gasteiger partial charge in [0.15, 0.2) is 0 Å². The monoisotopic (exact) mass is 278 g/mol. The summed E-state index contributed by atoms with van der Waals surface area (Å²) in [6.45, 7) is 2.09. The second kappa shape index (κ2) is 7.62. The van der Waals surface area contributed by atoms with Crippen molar-refractivity contribution in [3.05, 3.63) is 90.5 Å². The van der Waals surface area contributed by atoms with Crippen molar-refractivity contribution < 1.29 is 0 Å². The van der Waals surface area contributed by atoms with Crippen LogP contribution in [0.3, 0.4) is 0 Å². The molecule has 1 atom stereocenters. The Kier molecular flexibility index (Phi) is 5.53. The zero-order valence-corrected chi connectivity index (χ0v) is 12.8. The van der Waals surface area contributed by atoms with E-state index in [2.05, 4.69) is 89.0 Å². The Morgan fingerprint density at radius 1 is 0.550 bits per heavy atom. The lowest BCUT2D eigenvalue weighted by atomic mass is 10.1. The van der Waals surface area contributed by atoms with Crippen LogP contribution in [0.25, 0.3) is 11.1 Å². The van der Waals surface area contributed by atoms with Gasteiger partial charge in [0.1, 0.15) is 0 Å². The van der Waals surface area contributed by atoms with E-state index in [0.717, 1.165) is 0 Å². The van der Waals surface area contributed by atoms with Gasteiger partial charge in [-0.1, -0.05) is 90.5 Å². The largest absolute Gasteiger partial charge is 0.106 e. The topological polar surface area (TPSA) is 0 Å². The van der Waals surface area contributed by atoms with E-state index in [-0.39, 0.29) is 0 Å². The van der Waals surface area contributed by atoms with Crippen molar-refractivity contribution >= 4 is 14.5 Å². The fourth-order valence-electron chi connectivity index (χ4n) is 1.83. The number of benzene rings is 3. The van der Waals surface area contributed by atoms with Gasteiger partial charge in [0.2, 0.25) is 0 Å². The minimum atomic E-state index is 1.25. The molecule has 0 saturated carbocycles. The first-order valence-electron chi connectivity index (χ1n) is 6.68. The molecule has 0 N–H and O–H groups in total. The second-order valence-electron chi connectivity index (χ2n) is 4.64. The van der Waals surface area contributed by atoms with E-state index >= 15 is 0 Å². The average molecular weight is 278 g/mol. The van der Waals surface area contributed by atoms with Gasteiger partial charge in [0.25, 0.3) is 0 Å². The molecule has 3 aromatic rings. The van der Waals surface area contributed by atoms with E-state index < -0.39 is 0 Å². The van der Waals surface area contributed by atoms with Crippen molar-refractivity contribution in [2.45, 2.75) is 6.92 Å². The number of rotatable bonds is 1. The minimum Gasteiger partial charge on any atom is -0.106 e. The summed E-state index contributed by atoms with van der Waals surface area (Å²) < 4.78 is 0. The molecule has 0 bridgehead atoms. The lowest BCUT2D eigenvalue weighted by molar-refractivity contribution is 1.49. The first-order chi connectivity index (χ1) is 9.75. The molecule has 0 aliphatic rings.